The van der Waals surface area contributed by atoms with Crippen LogP contribution in [0.1, 0.15) is 29.8 Å². The number of likely N-dealkylation sites (tertiary alicyclic amines) is 1. The monoisotopic (exact) mass is 258 g/mol. The third kappa shape index (κ3) is 3.48. The molecule has 1 fully saturated rings. The van der Waals surface area contributed by atoms with Crippen LogP contribution in [0.4, 0.5) is 0 Å². The maximum absolute atomic E-state index is 12.0. The lowest BCUT2D eigenvalue weighted by molar-refractivity contribution is 0.0637. The molecular formula is C12H19ClN2O2. The Hall–Kier alpha value is -1.00. The number of piperidine rings is 1. The predicted octanol–water partition coefficient (Wildman–Crippen LogP) is 1.90. The van der Waals surface area contributed by atoms with E-state index in [9.17, 15) is 4.79 Å². The summed E-state index contributed by atoms with van der Waals surface area (Å²) in [5.41, 5.74) is 5.55. The van der Waals surface area contributed by atoms with E-state index >= 15 is 0 Å². The zero-order chi connectivity index (χ0) is 11.4. The first-order chi connectivity index (χ1) is 7.81. The maximum Gasteiger partial charge on any atom is 0.289 e. The Morgan fingerprint density at radius 1 is 1.59 bits per heavy atom. The van der Waals surface area contributed by atoms with E-state index in [0.29, 0.717) is 18.2 Å². The molecule has 1 atom stereocenters. The number of rotatable bonds is 3. The van der Waals surface area contributed by atoms with Crippen LogP contribution in [0.5, 0.6) is 0 Å². The first-order valence-electron chi connectivity index (χ1n) is 5.84. The van der Waals surface area contributed by atoms with E-state index < -0.39 is 0 Å². The van der Waals surface area contributed by atoms with Crippen molar-refractivity contribution in [1.82, 2.24) is 4.90 Å². The molecule has 1 aliphatic rings. The van der Waals surface area contributed by atoms with Gasteiger partial charge in [-0.15, -0.1) is 12.4 Å². The van der Waals surface area contributed by atoms with Crippen LogP contribution in [0, 0.1) is 5.92 Å². The minimum atomic E-state index is 0. The summed E-state index contributed by atoms with van der Waals surface area (Å²) in [5.74, 6) is 0.998. The number of carbonyl (C=O) groups excluding carboxylic acids is 1. The van der Waals surface area contributed by atoms with Crippen molar-refractivity contribution in [3.05, 3.63) is 24.2 Å². The quantitative estimate of drug-likeness (QED) is 0.901. The molecule has 4 nitrogen and oxygen atoms in total. The van der Waals surface area contributed by atoms with Gasteiger partial charge in [-0.05, 0) is 43.9 Å². The first-order valence-corrected chi connectivity index (χ1v) is 5.84. The summed E-state index contributed by atoms with van der Waals surface area (Å²) in [6.07, 6.45) is 4.78. The number of nitrogens with zero attached hydrogens (tertiary/aromatic N) is 1. The van der Waals surface area contributed by atoms with E-state index in [2.05, 4.69) is 0 Å². The first kappa shape index (κ1) is 14.1. The maximum atomic E-state index is 12.0. The molecule has 96 valence electrons. The predicted molar refractivity (Wildman–Crippen MR) is 68.3 cm³/mol. The number of carbonyl (C=O) groups is 1. The SMILES string of the molecule is Cl.NCCC1CCCN(C(=O)c2ccco2)C1. The lowest BCUT2D eigenvalue weighted by atomic mass is 9.95. The number of hydrogen-bond acceptors (Lipinski definition) is 3. The van der Waals surface area contributed by atoms with E-state index in [1.165, 1.54) is 12.7 Å². The lowest BCUT2D eigenvalue weighted by Crippen LogP contribution is -2.40. The summed E-state index contributed by atoms with van der Waals surface area (Å²) in [4.78, 5) is 13.9. The average molecular weight is 259 g/mol. The second-order valence-electron chi connectivity index (χ2n) is 4.31. The van der Waals surface area contributed by atoms with Crippen molar-refractivity contribution in [1.29, 1.82) is 0 Å². The van der Waals surface area contributed by atoms with E-state index in [-0.39, 0.29) is 18.3 Å². The molecule has 0 aliphatic carbocycles. The third-order valence-corrected chi connectivity index (χ3v) is 3.11. The van der Waals surface area contributed by atoms with Crippen molar-refractivity contribution in [2.75, 3.05) is 19.6 Å². The molecule has 0 saturated carbocycles. The van der Waals surface area contributed by atoms with Crippen LogP contribution in [0.3, 0.4) is 0 Å². The van der Waals surface area contributed by atoms with Gasteiger partial charge in [0.2, 0.25) is 0 Å². The topological polar surface area (TPSA) is 59.5 Å². The molecule has 5 heteroatoms. The van der Waals surface area contributed by atoms with E-state index in [1.54, 1.807) is 12.1 Å². The molecule has 0 aromatic carbocycles. The molecule has 1 saturated heterocycles. The number of halogens is 1. The molecule has 1 amide bonds. The highest BCUT2D eigenvalue weighted by Crippen LogP contribution is 2.20. The van der Waals surface area contributed by atoms with Gasteiger partial charge in [0.05, 0.1) is 6.26 Å². The Bertz CT molecular complexity index is 338. The Morgan fingerprint density at radius 3 is 3.06 bits per heavy atom. The standard InChI is InChI=1S/C12H18N2O2.ClH/c13-6-5-10-3-1-7-14(9-10)12(15)11-4-2-8-16-11;/h2,4,8,10H,1,3,5-7,9,13H2;1H. The minimum Gasteiger partial charge on any atom is -0.459 e. The smallest absolute Gasteiger partial charge is 0.289 e. The zero-order valence-electron chi connectivity index (χ0n) is 9.80. The van der Waals surface area contributed by atoms with Gasteiger partial charge in [-0.2, -0.15) is 0 Å². The highest BCUT2D eigenvalue weighted by Gasteiger charge is 2.25. The second-order valence-corrected chi connectivity index (χ2v) is 4.31. The van der Waals surface area contributed by atoms with Gasteiger partial charge in [0.1, 0.15) is 0 Å². The summed E-state index contributed by atoms with van der Waals surface area (Å²) in [6.45, 7) is 2.35. The van der Waals surface area contributed by atoms with Crippen LogP contribution in [0.2, 0.25) is 0 Å². The van der Waals surface area contributed by atoms with Crippen LogP contribution in [0.25, 0.3) is 0 Å². The van der Waals surface area contributed by atoms with Crippen molar-refractivity contribution in [3.8, 4) is 0 Å². The van der Waals surface area contributed by atoms with Crippen molar-refractivity contribution in [2.45, 2.75) is 19.3 Å². The molecule has 1 aromatic heterocycles. The van der Waals surface area contributed by atoms with Gasteiger partial charge in [0, 0.05) is 13.1 Å². The molecular weight excluding hydrogens is 240 g/mol. The molecule has 2 N–H and O–H groups in total. The van der Waals surface area contributed by atoms with Crippen molar-refractivity contribution < 1.29 is 9.21 Å². The van der Waals surface area contributed by atoms with Crippen LogP contribution in [-0.2, 0) is 0 Å². The zero-order valence-corrected chi connectivity index (χ0v) is 10.6. The largest absolute Gasteiger partial charge is 0.459 e. The summed E-state index contributed by atoms with van der Waals surface area (Å²) in [7, 11) is 0. The highest BCUT2D eigenvalue weighted by atomic mass is 35.5. The molecule has 1 aromatic rings. The number of amides is 1. The fourth-order valence-corrected chi connectivity index (χ4v) is 2.28. The van der Waals surface area contributed by atoms with E-state index in [0.717, 1.165) is 25.9 Å². The van der Waals surface area contributed by atoms with Gasteiger partial charge in [-0.25, -0.2) is 0 Å². The van der Waals surface area contributed by atoms with Crippen LogP contribution in [-0.4, -0.2) is 30.4 Å². The molecule has 2 rings (SSSR count). The molecule has 0 radical (unpaired) electrons. The normalized spacial score (nSPS) is 19.8. The number of furan rings is 1. The fraction of sp³-hybridized carbons (Fsp3) is 0.583. The molecule has 1 aliphatic heterocycles. The Morgan fingerprint density at radius 2 is 2.41 bits per heavy atom. The summed E-state index contributed by atoms with van der Waals surface area (Å²) < 4.78 is 5.13. The summed E-state index contributed by atoms with van der Waals surface area (Å²) >= 11 is 0. The number of nitrogens with two attached hydrogens (primary N) is 1. The Balaban J connectivity index is 0.00000144. The van der Waals surface area contributed by atoms with Gasteiger partial charge in [0.15, 0.2) is 5.76 Å². The van der Waals surface area contributed by atoms with Gasteiger partial charge in [-0.3, -0.25) is 4.79 Å². The van der Waals surface area contributed by atoms with Crippen LogP contribution >= 0.6 is 12.4 Å². The van der Waals surface area contributed by atoms with Crippen LogP contribution in [0.15, 0.2) is 22.8 Å². The minimum absolute atomic E-state index is 0. The molecule has 1 unspecified atom stereocenters. The highest BCUT2D eigenvalue weighted by molar-refractivity contribution is 5.91. The third-order valence-electron chi connectivity index (χ3n) is 3.11. The average Bonchev–Trinajstić information content (AvgIpc) is 2.82. The fourth-order valence-electron chi connectivity index (χ4n) is 2.28. The molecule has 17 heavy (non-hydrogen) atoms. The van der Waals surface area contributed by atoms with Gasteiger partial charge < -0.3 is 15.1 Å². The van der Waals surface area contributed by atoms with E-state index in [4.69, 9.17) is 10.2 Å². The number of hydrogen-bond donors (Lipinski definition) is 1. The van der Waals surface area contributed by atoms with Crippen molar-refractivity contribution in [2.24, 2.45) is 11.7 Å². The summed E-state index contributed by atoms with van der Waals surface area (Å²) in [5, 5.41) is 0. The second kappa shape index (κ2) is 6.67. The van der Waals surface area contributed by atoms with Gasteiger partial charge in [-0.1, -0.05) is 0 Å². The molecule has 0 bridgehead atoms. The van der Waals surface area contributed by atoms with E-state index in [1.807, 2.05) is 4.90 Å². The van der Waals surface area contributed by atoms with Crippen molar-refractivity contribution in [3.63, 3.8) is 0 Å². The van der Waals surface area contributed by atoms with Gasteiger partial charge >= 0.3 is 0 Å². The Labute approximate surface area is 108 Å². The molecule has 0 spiro atoms. The lowest BCUT2D eigenvalue weighted by Gasteiger charge is -2.32. The molecule has 2 heterocycles. The van der Waals surface area contributed by atoms with Gasteiger partial charge in [0.25, 0.3) is 5.91 Å². The summed E-state index contributed by atoms with van der Waals surface area (Å²) in [6, 6.07) is 3.46. The van der Waals surface area contributed by atoms with Crippen molar-refractivity contribution >= 4 is 18.3 Å². The Kier molecular flexibility index (Phi) is 5.51. The van der Waals surface area contributed by atoms with Crippen LogP contribution < -0.4 is 5.73 Å².